The molecule has 1 heterocycles. The highest BCUT2D eigenvalue weighted by Gasteiger charge is 2.23. The molecule has 7 nitrogen and oxygen atoms in total. The molecule has 0 saturated carbocycles. The first-order chi connectivity index (χ1) is 21.3. The van der Waals surface area contributed by atoms with Crippen LogP contribution in [-0.2, 0) is 4.74 Å². The number of nitrogens with zero attached hydrogens (tertiary/aromatic N) is 2. The Morgan fingerprint density at radius 2 is 1.55 bits per heavy atom. The Balaban J connectivity index is 1.03. The maximum atomic E-state index is 12.7. The normalized spacial score (nSPS) is 13.9. The standard InChI is InChI=1S/C35H43Cl2N3O4/c1-39(34(42)30-24-27(36)25-31(37)33(30)41)20-12-5-3-2-4-6-13-21-40-22-18-28(19-23-40)44-35(43)38-32-17-11-10-16-29(32)26-14-8-7-9-15-26/h7-11,14-17,24-25,28,41H,2-6,12-13,18-23H2,1H3,(H,38,43). The number of ether oxygens (including phenoxy) is 1. The van der Waals surface area contributed by atoms with E-state index in [1.165, 1.54) is 37.8 Å². The van der Waals surface area contributed by atoms with Crippen molar-refractivity contribution in [3.05, 3.63) is 82.3 Å². The second kappa shape index (κ2) is 17.3. The number of para-hydroxylation sites is 1. The lowest BCUT2D eigenvalue weighted by Crippen LogP contribution is -2.38. The van der Waals surface area contributed by atoms with Crippen LogP contribution in [-0.4, -0.2) is 66.2 Å². The number of halogens is 2. The zero-order valence-corrected chi connectivity index (χ0v) is 27.0. The first kappa shape index (κ1) is 33.6. The number of carbonyl (C=O) groups is 2. The number of anilines is 1. The third-order valence-corrected chi connectivity index (χ3v) is 8.64. The topological polar surface area (TPSA) is 82.1 Å². The summed E-state index contributed by atoms with van der Waals surface area (Å²) in [7, 11) is 1.73. The third kappa shape index (κ3) is 10.1. The predicted octanol–water partition coefficient (Wildman–Crippen LogP) is 8.88. The fourth-order valence-corrected chi connectivity index (χ4v) is 6.10. The minimum Gasteiger partial charge on any atom is -0.506 e. The summed E-state index contributed by atoms with van der Waals surface area (Å²) in [6, 6.07) is 20.7. The molecule has 44 heavy (non-hydrogen) atoms. The number of phenolic OH excluding ortho intramolecular Hbond substituents is 1. The van der Waals surface area contributed by atoms with Gasteiger partial charge in [0.15, 0.2) is 0 Å². The highest BCUT2D eigenvalue weighted by molar-refractivity contribution is 6.36. The van der Waals surface area contributed by atoms with E-state index in [0.29, 0.717) is 11.6 Å². The molecule has 0 atom stereocenters. The monoisotopic (exact) mass is 639 g/mol. The minimum absolute atomic E-state index is 0.0570. The minimum atomic E-state index is -0.393. The van der Waals surface area contributed by atoms with Crippen molar-refractivity contribution in [3.8, 4) is 16.9 Å². The molecule has 4 rings (SSSR count). The summed E-state index contributed by atoms with van der Waals surface area (Å²) in [6.45, 7) is 3.59. The van der Waals surface area contributed by atoms with Crippen molar-refractivity contribution in [2.24, 2.45) is 0 Å². The number of phenols is 1. The van der Waals surface area contributed by atoms with Gasteiger partial charge in [0.05, 0.1) is 16.3 Å². The van der Waals surface area contributed by atoms with Gasteiger partial charge in [-0.05, 0) is 56.0 Å². The van der Waals surface area contributed by atoms with E-state index >= 15 is 0 Å². The number of hydrogen-bond donors (Lipinski definition) is 2. The van der Waals surface area contributed by atoms with Crippen LogP contribution in [0.25, 0.3) is 11.1 Å². The van der Waals surface area contributed by atoms with Gasteiger partial charge in [0.2, 0.25) is 0 Å². The molecule has 3 aromatic rings. The zero-order valence-electron chi connectivity index (χ0n) is 25.4. The van der Waals surface area contributed by atoms with Crippen LogP contribution in [0.15, 0.2) is 66.7 Å². The summed E-state index contributed by atoms with van der Waals surface area (Å²) >= 11 is 11.9. The molecule has 1 aliphatic heterocycles. The van der Waals surface area contributed by atoms with Gasteiger partial charge in [0.1, 0.15) is 11.9 Å². The van der Waals surface area contributed by atoms with Gasteiger partial charge in [0.25, 0.3) is 5.91 Å². The first-order valence-electron chi connectivity index (χ1n) is 15.6. The maximum absolute atomic E-state index is 12.7. The van der Waals surface area contributed by atoms with E-state index < -0.39 is 6.09 Å². The number of hydrogen-bond acceptors (Lipinski definition) is 5. The van der Waals surface area contributed by atoms with E-state index in [0.717, 1.165) is 68.6 Å². The number of unbranched alkanes of at least 4 members (excludes halogenated alkanes) is 6. The van der Waals surface area contributed by atoms with Crippen molar-refractivity contribution in [1.29, 1.82) is 0 Å². The largest absolute Gasteiger partial charge is 0.506 e. The van der Waals surface area contributed by atoms with Gasteiger partial charge in [-0.15, -0.1) is 0 Å². The van der Waals surface area contributed by atoms with Crippen LogP contribution in [0, 0.1) is 0 Å². The lowest BCUT2D eigenvalue weighted by molar-refractivity contribution is 0.0584. The molecule has 0 aliphatic carbocycles. The molecule has 0 unspecified atom stereocenters. The Kier molecular flexibility index (Phi) is 13.2. The number of amides is 2. The van der Waals surface area contributed by atoms with Crippen molar-refractivity contribution < 1.29 is 19.4 Å². The van der Waals surface area contributed by atoms with Gasteiger partial charge in [-0.2, -0.15) is 0 Å². The Bertz CT molecular complexity index is 1360. The Hall–Kier alpha value is -3.26. The van der Waals surface area contributed by atoms with Crippen molar-refractivity contribution in [2.75, 3.05) is 38.5 Å². The van der Waals surface area contributed by atoms with Gasteiger partial charge in [-0.3, -0.25) is 10.1 Å². The zero-order chi connectivity index (χ0) is 31.3. The lowest BCUT2D eigenvalue weighted by Gasteiger charge is -2.31. The number of likely N-dealkylation sites (tertiary alicyclic amines) is 1. The average Bonchev–Trinajstić information content (AvgIpc) is 3.03. The smallest absolute Gasteiger partial charge is 0.411 e. The van der Waals surface area contributed by atoms with Crippen LogP contribution in [0.3, 0.4) is 0 Å². The second-order valence-corrected chi connectivity index (χ2v) is 12.3. The van der Waals surface area contributed by atoms with E-state index in [1.54, 1.807) is 11.9 Å². The van der Waals surface area contributed by atoms with Crippen molar-refractivity contribution >= 4 is 40.9 Å². The van der Waals surface area contributed by atoms with Crippen LogP contribution in [0.1, 0.15) is 68.1 Å². The molecule has 9 heteroatoms. The van der Waals surface area contributed by atoms with Crippen LogP contribution < -0.4 is 5.32 Å². The SMILES string of the molecule is CN(CCCCCCCCCN1CCC(OC(=O)Nc2ccccc2-c2ccccc2)CC1)C(=O)c1cc(Cl)cc(Cl)c1O. The van der Waals surface area contributed by atoms with E-state index in [4.69, 9.17) is 27.9 Å². The van der Waals surface area contributed by atoms with Crippen molar-refractivity contribution in [1.82, 2.24) is 9.80 Å². The van der Waals surface area contributed by atoms with Crippen molar-refractivity contribution in [3.63, 3.8) is 0 Å². The van der Waals surface area contributed by atoms with E-state index in [1.807, 2.05) is 54.6 Å². The fraction of sp³-hybridized carbons (Fsp3) is 0.429. The molecular weight excluding hydrogens is 597 g/mol. The van der Waals surface area contributed by atoms with Crippen molar-refractivity contribution in [2.45, 2.75) is 63.9 Å². The Morgan fingerprint density at radius 1 is 0.909 bits per heavy atom. The summed E-state index contributed by atoms with van der Waals surface area (Å²) in [5.41, 5.74) is 2.91. The average molecular weight is 641 g/mol. The summed E-state index contributed by atoms with van der Waals surface area (Å²) in [6.07, 6.45) is 9.12. The third-order valence-electron chi connectivity index (χ3n) is 8.13. The molecule has 0 aromatic heterocycles. The van der Waals surface area contributed by atoms with E-state index in [-0.39, 0.29) is 28.3 Å². The fourth-order valence-electron chi connectivity index (χ4n) is 5.61. The molecular formula is C35H43Cl2N3O4. The Morgan fingerprint density at radius 3 is 2.27 bits per heavy atom. The summed E-state index contributed by atoms with van der Waals surface area (Å²) in [5, 5.41) is 13.5. The highest BCUT2D eigenvalue weighted by atomic mass is 35.5. The maximum Gasteiger partial charge on any atom is 0.411 e. The lowest BCUT2D eigenvalue weighted by atomic mass is 10.0. The van der Waals surface area contributed by atoms with Crippen LogP contribution in [0.2, 0.25) is 10.0 Å². The van der Waals surface area contributed by atoms with Crippen LogP contribution in [0.4, 0.5) is 10.5 Å². The number of carbonyl (C=O) groups excluding carboxylic acids is 2. The van der Waals surface area contributed by atoms with Crippen LogP contribution in [0.5, 0.6) is 5.75 Å². The van der Waals surface area contributed by atoms with E-state index in [2.05, 4.69) is 10.2 Å². The molecule has 2 N–H and O–H groups in total. The van der Waals surface area contributed by atoms with Gasteiger partial charge < -0.3 is 19.6 Å². The highest BCUT2D eigenvalue weighted by Crippen LogP contribution is 2.32. The van der Waals surface area contributed by atoms with Gasteiger partial charge in [-0.1, -0.05) is 104 Å². The molecule has 0 spiro atoms. The number of aromatic hydroxyl groups is 1. The molecule has 1 aliphatic rings. The second-order valence-electron chi connectivity index (χ2n) is 11.5. The molecule has 2 amide bonds. The quantitative estimate of drug-likeness (QED) is 0.172. The molecule has 1 fully saturated rings. The van der Waals surface area contributed by atoms with E-state index in [9.17, 15) is 14.7 Å². The summed E-state index contributed by atoms with van der Waals surface area (Å²) in [4.78, 5) is 29.4. The molecule has 0 bridgehead atoms. The molecule has 1 saturated heterocycles. The molecule has 236 valence electrons. The predicted molar refractivity (Wildman–Crippen MR) is 179 cm³/mol. The Labute approximate surface area is 271 Å². The first-order valence-corrected chi connectivity index (χ1v) is 16.4. The number of piperidine rings is 1. The molecule has 0 radical (unpaired) electrons. The molecule has 3 aromatic carbocycles. The number of nitrogens with one attached hydrogen (secondary N) is 1. The number of rotatable bonds is 14. The number of benzene rings is 3. The van der Waals surface area contributed by atoms with Gasteiger partial charge in [-0.25, -0.2) is 4.79 Å². The van der Waals surface area contributed by atoms with Gasteiger partial charge >= 0.3 is 6.09 Å². The van der Waals surface area contributed by atoms with Crippen LogP contribution >= 0.6 is 23.2 Å². The summed E-state index contributed by atoms with van der Waals surface area (Å²) in [5.74, 6) is -0.509. The van der Waals surface area contributed by atoms with Gasteiger partial charge in [0, 0.05) is 37.3 Å². The summed E-state index contributed by atoms with van der Waals surface area (Å²) < 4.78 is 5.77.